The first-order valence-electron chi connectivity index (χ1n) is 7.80. The van der Waals surface area contributed by atoms with E-state index in [0.717, 1.165) is 63.9 Å². The minimum atomic E-state index is 0.364. The third-order valence-corrected chi connectivity index (χ3v) is 4.13. The zero-order valence-electron chi connectivity index (χ0n) is 12.5. The number of rotatable bonds is 3. The van der Waals surface area contributed by atoms with Gasteiger partial charge in [-0.1, -0.05) is 13.3 Å². The Morgan fingerprint density at radius 2 is 1.37 bits per heavy atom. The van der Waals surface area contributed by atoms with E-state index in [1.165, 1.54) is 6.42 Å². The summed E-state index contributed by atoms with van der Waals surface area (Å²) in [4.78, 5) is 21.5. The Bertz CT molecular complexity index is 266. The van der Waals surface area contributed by atoms with E-state index in [0.29, 0.717) is 17.7 Å². The Kier molecular flexibility index (Phi) is 7.96. The second kappa shape index (κ2) is 9.24. The number of ether oxygens (including phenoxy) is 1. The molecule has 0 aromatic carbocycles. The van der Waals surface area contributed by atoms with Crippen molar-refractivity contribution >= 4 is 11.6 Å². The van der Waals surface area contributed by atoms with Crippen molar-refractivity contribution in [1.29, 1.82) is 0 Å². The molecule has 2 aliphatic rings. The van der Waals surface area contributed by atoms with Crippen LogP contribution in [-0.2, 0) is 14.3 Å². The normalized spacial score (nSPS) is 22.0. The van der Waals surface area contributed by atoms with Crippen molar-refractivity contribution in [3.63, 3.8) is 0 Å². The molecular weight excluding hydrogens is 240 g/mol. The Balaban J connectivity index is 0.000000191. The first-order valence-corrected chi connectivity index (χ1v) is 7.80. The Hall–Kier alpha value is -0.700. The van der Waals surface area contributed by atoms with Crippen LogP contribution >= 0.6 is 0 Å². The molecule has 0 spiro atoms. The van der Waals surface area contributed by atoms with Crippen LogP contribution in [0.25, 0.3) is 0 Å². The van der Waals surface area contributed by atoms with Gasteiger partial charge >= 0.3 is 0 Å². The van der Waals surface area contributed by atoms with Gasteiger partial charge in [-0.3, -0.25) is 9.59 Å². The van der Waals surface area contributed by atoms with Crippen molar-refractivity contribution < 1.29 is 14.3 Å². The van der Waals surface area contributed by atoms with Crippen LogP contribution in [0, 0.1) is 5.92 Å². The Morgan fingerprint density at radius 1 is 0.895 bits per heavy atom. The van der Waals surface area contributed by atoms with Gasteiger partial charge in [-0.25, -0.2) is 0 Å². The minimum Gasteiger partial charge on any atom is -0.378 e. The highest BCUT2D eigenvalue weighted by atomic mass is 16.5. The molecule has 0 aliphatic heterocycles. The summed E-state index contributed by atoms with van der Waals surface area (Å²) in [7, 11) is 0. The van der Waals surface area contributed by atoms with E-state index in [9.17, 15) is 9.59 Å². The summed E-state index contributed by atoms with van der Waals surface area (Å²) in [5, 5.41) is 0. The predicted octanol–water partition coefficient (Wildman–Crippen LogP) is 3.69. The van der Waals surface area contributed by atoms with Gasteiger partial charge in [0, 0.05) is 32.3 Å². The lowest BCUT2D eigenvalue weighted by atomic mass is 9.87. The van der Waals surface area contributed by atoms with Gasteiger partial charge in [-0.15, -0.1) is 0 Å². The first kappa shape index (κ1) is 16.4. The van der Waals surface area contributed by atoms with Crippen molar-refractivity contribution in [2.75, 3.05) is 6.61 Å². The van der Waals surface area contributed by atoms with Crippen LogP contribution in [-0.4, -0.2) is 24.3 Å². The number of Topliss-reactive ketones (excluding diaryl/α,β-unsaturated/α-hetero) is 2. The second-order valence-corrected chi connectivity index (χ2v) is 5.58. The van der Waals surface area contributed by atoms with Gasteiger partial charge < -0.3 is 4.74 Å². The molecule has 2 fully saturated rings. The summed E-state index contributed by atoms with van der Waals surface area (Å²) in [6.07, 6.45) is 8.94. The molecule has 2 saturated carbocycles. The van der Waals surface area contributed by atoms with Gasteiger partial charge in [0.05, 0.1) is 6.10 Å². The van der Waals surface area contributed by atoms with Gasteiger partial charge in [0.25, 0.3) is 0 Å². The van der Waals surface area contributed by atoms with Crippen molar-refractivity contribution in [2.45, 2.75) is 77.7 Å². The molecule has 19 heavy (non-hydrogen) atoms. The molecule has 0 bridgehead atoms. The molecule has 110 valence electrons. The zero-order valence-corrected chi connectivity index (χ0v) is 12.5. The minimum absolute atomic E-state index is 0.364. The van der Waals surface area contributed by atoms with Crippen LogP contribution in [0.15, 0.2) is 0 Å². The highest BCUT2D eigenvalue weighted by molar-refractivity contribution is 5.79. The average Bonchev–Trinajstić information content (AvgIpc) is 2.43. The lowest BCUT2D eigenvalue weighted by Gasteiger charge is -2.20. The zero-order chi connectivity index (χ0) is 14.1. The number of carbonyl (C=O) groups is 2. The molecule has 0 atom stereocenters. The number of hydrogen-bond donors (Lipinski definition) is 0. The van der Waals surface area contributed by atoms with Gasteiger partial charge in [0.2, 0.25) is 0 Å². The van der Waals surface area contributed by atoms with Crippen LogP contribution in [0.5, 0.6) is 0 Å². The monoisotopic (exact) mass is 268 g/mol. The third kappa shape index (κ3) is 6.86. The topological polar surface area (TPSA) is 43.4 Å². The van der Waals surface area contributed by atoms with Crippen molar-refractivity contribution in [1.82, 2.24) is 0 Å². The summed E-state index contributed by atoms with van der Waals surface area (Å²) >= 11 is 0. The Morgan fingerprint density at radius 3 is 1.79 bits per heavy atom. The molecule has 0 N–H and O–H groups in total. The fourth-order valence-electron chi connectivity index (χ4n) is 2.72. The number of hydrogen-bond acceptors (Lipinski definition) is 3. The maximum absolute atomic E-state index is 10.8. The van der Waals surface area contributed by atoms with E-state index < -0.39 is 0 Å². The SMILES string of the molecule is CCC1CCC(=O)CC1.CCOC1CCC(=O)CC1. The van der Waals surface area contributed by atoms with Gasteiger partial charge in [0.1, 0.15) is 11.6 Å². The van der Waals surface area contributed by atoms with Gasteiger partial charge in [-0.05, 0) is 38.5 Å². The van der Waals surface area contributed by atoms with E-state index in [-0.39, 0.29) is 0 Å². The largest absolute Gasteiger partial charge is 0.378 e. The summed E-state index contributed by atoms with van der Waals surface area (Å²) in [6, 6.07) is 0. The number of carbonyl (C=O) groups excluding carboxylic acids is 2. The molecule has 2 aliphatic carbocycles. The van der Waals surface area contributed by atoms with E-state index in [4.69, 9.17) is 4.74 Å². The van der Waals surface area contributed by atoms with Crippen LogP contribution in [0.3, 0.4) is 0 Å². The summed E-state index contributed by atoms with van der Waals surface area (Å²) in [5.41, 5.74) is 0. The van der Waals surface area contributed by atoms with Crippen molar-refractivity contribution in [3.8, 4) is 0 Å². The van der Waals surface area contributed by atoms with E-state index in [2.05, 4.69) is 6.92 Å². The standard InChI is InChI=1S/C8H14O2.C8H14O/c1-2-10-8-5-3-7(9)4-6-8;1-2-7-3-5-8(9)6-4-7/h8H,2-6H2,1H3;7H,2-6H2,1H3. The summed E-state index contributed by atoms with van der Waals surface area (Å²) < 4.78 is 5.38. The number of ketones is 2. The summed E-state index contributed by atoms with van der Waals surface area (Å²) in [6.45, 7) is 4.98. The molecule has 0 radical (unpaired) electrons. The van der Waals surface area contributed by atoms with Crippen LogP contribution in [0.1, 0.15) is 71.6 Å². The van der Waals surface area contributed by atoms with Crippen molar-refractivity contribution in [2.24, 2.45) is 5.92 Å². The Labute approximate surface area is 117 Å². The second-order valence-electron chi connectivity index (χ2n) is 5.58. The maximum atomic E-state index is 10.8. The maximum Gasteiger partial charge on any atom is 0.133 e. The highest BCUT2D eigenvalue weighted by Gasteiger charge is 2.18. The molecule has 3 nitrogen and oxygen atoms in total. The van der Waals surface area contributed by atoms with E-state index in [1.807, 2.05) is 6.92 Å². The molecule has 0 amide bonds. The molecule has 3 heteroatoms. The van der Waals surface area contributed by atoms with Gasteiger partial charge in [-0.2, -0.15) is 0 Å². The van der Waals surface area contributed by atoms with E-state index in [1.54, 1.807) is 0 Å². The van der Waals surface area contributed by atoms with Gasteiger partial charge in [0.15, 0.2) is 0 Å². The smallest absolute Gasteiger partial charge is 0.133 e. The lowest BCUT2D eigenvalue weighted by molar-refractivity contribution is -0.123. The first-order chi connectivity index (χ1) is 9.15. The average molecular weight is 268 g/mol. The van der Waals surface area contributed by atoms with E-state index >= 15 is 0 Å². The van der Waals surface area contributed by atoms with Crippen LogP contribution < -0.4 is 0 Å². The van der Waals surface area contributed by atoms with Crippen molar-refractivity contribution in [3.05, 3.63) is 0 Å². The quantitative estimate of drug-likeness (QED) is 0.784. The molecule has 0 aromatic heterocycles. The summed E-state index contributed by atoms with van der Waals surface area (Å²) in [5.74, 6) is 1.72. The molecule has 2 rings (SSSR count). The molecule has 0 saturated heterocycles. The fourth-order valence-corrected chi connectivity index (χ4v) is 2.72. The molecule has 0 aromatic rings. The van der Waals surface area contributed by atoms with Crippen LogP contribution in [0.4, 0.5) is 0 Å². The third-order valence-electron chi connectivity index (χ3n) is 4.13. The molecule has 0 heterocycles. The predicted molar refractivity (Wildman–Crippen MR) is 76.1 cm³/mol. The molecule has 0 unspecified atom stereocenters. The fraction of sp³-hybridized carbons (Fsp3) is 0.875. The van der Waals surface area contributed by atoms with Crippen LogP contribution in [0.2, 0.25) is 0 Å². The highest BCUT2D eigenvalue weighted by Crippen LogP contribution is 2.23. The lowest BCUT2D eigenvalue weighted by Crippen LogP contribution is -2.21. The molecular formula is C16H28O3.